The van der Waals surface area contributed by atoms with Crippen molar-refractivity contribution in [2.24, 2.45) is 0 Å². The van der Waals surface area contributed by atoms with Crippen molar-refractivity contribution < 1.29 is 4.74 Å². The van der Waals surface area contributed by atoms with Crippen LogP contribution in [-0.2, 0) is 13.2 Å². The van der Waals surface area contributed by atoms with Crippen LogP contribution in [0, 0.1) is 6.92 Å². The summed E-state index contributed by atoms with van der Waals surface area (Å²) >= 11 is 0. The zero-order valence-corrected chi connectivity index (χ0v) is 15.0. The van der Waals surface area contributed by atoms with Crippen molar-refractivity contribution in [3.63, 3.8) is 0 Å². The molecule has 0 fully saturated rings. The number of benzene rings is 1. The van der Waals surface area contributed by atoms with E-state index >= 15 is 0 Å². The number of likely N-dealkylation sites (N-methyl/N-ethyl adjacent to an activating group) is 1. The molecule has 0 spiro atoms. The van der Waals surface area contributed by atoms with E-state index in [-0.39, 0.29) is 6.61 Å². The predicted octanol–water partition coefficient (Wildman–Crippen LogP) is 1.32. The van der Waals surface area contributed by atoms with E-state index in [1.807, 2.05) is 50.0 Å². The molecule has 134 valence electrons. The summed E-state index contributed by atoms with van der Waals surface area (Å²) in [6.07, 6.45) is 1.55. The van der Waals surface area contributed by atoms with Gasteiger partial charge in [-0.05, 0) is 27.1 Å². The summed E-state index contributed by atoms with van der Waals surface area (Å²) < 4.78 is 9.57. The first-order chi connectivity index (χ1) is 12.6. The van der Waals surface area contributed by atoms with Gasteiger partial charge in [0.05, 0.1) is 6.54 Å². The lowest BCUT2D eigenvalue weighted by atomic mass is 10.2. The normalized spacial score (nSPS) is 11.7. The molecule has 9 heteroatoms. The Morgan fingerprint density at radius 3 is 2.73 bits per heavy atom. The Hall–Kier alpha value is -3.07. The molecule has 1 aromatic carbocycles. The van der Waals surface area contributed by atoms with E-state index in [0.29, 0.717) is 11.7 Å². The van der Waals surface area contributed by atoms with E-state index in [4.69, 9.17) is 4.74 Å². The molecule has 4 aromatic rings. The van der Waals surface area contributed by atoms with E-state index in [9.17, 15) is 0 Å². The largest absolute Gasteiger partial charge is 0.468 e. The molecule has 0 radical (unpaired) electrons. The van der Waals surface area contributed by atoms with E-state index in [1.54, 1.807) is 10.8 Å². The van der Waals surface area contributed by atoms with Gasteiger partial charge in [0.2, 0.25) is 5.88 Å². The summed E-state index contributed by atoms with van der Waals surface area (Å²) in [4.78, 5) is 6.41. The van der Waals surface area contributed by atoms with Crippen LogP contribution in [0.4, 0.5) is 0 Å². The summed E-state index contributed by atoms with van der Waals surface area (Å²) in [6, 6.07) is 7.88. The zero-order valence-electron chi connectivity index (χ0n) is 15.0. The van der Waals surface area contributed by atoms with Gasteiger partial charge in [-0.3, -0.25) is 0 Å². The topological polar surface area (TPSA) is 86.3 Å². The molecular weight excluding hydrogens is 332 g/mol. The van der Waals surface area contributed by atoms with Crippen molar-refractivity contribution in [3.05, 3.63) is 42.2 Å². The SMILES string of the molecule is Cc1nnc2c3ccccc3c(OCc3ncnn3CCN(C)C)nn12. The minimum absolute atomic E-state index is 0.289. The number of hydrogen-bond acceptors (Lipinski definition) is 7. The van der Waals surface area contributed by atoms with Gasteiger partial charge in [-0.25, -0.2) is 9.67 Å². The number of ether oxygens (including phenoxy) is 1. The maximum absolute atomic E-state index is 6.02. The van der Waals surface area contributed by atoms with Crippen LogP contribution in [0.15, 0.2) is 30.6 Å². The molecule has 0 amide bonds. The van der Waals surface area contributed by atoms with Crippen LogP contribution in [0.3, 0.4) is 0 Å². The van der Waals surface area contributed by atoms with Crippen molar-refractivity contribution >= 4 is 16.4 Å². The maximum atomic E-state index is 6.02. The van der Waals surface area contributed by atoms with Crippen molar-refractivity contribution in [2.45, 2.75) is 20.1 Å². The van der Waals surface area contributed by atoms with Gasteiger partial charge in [-0.15, -0.1) is 15.3 Å². The average Bonchev–Trinajstić information content (AvgIpc) is 3.24. The van der Waals surface area contributed by atoms with Crippen LogP contribution in [0.25, 0.3) is 16.4 Å². The van der Waals surface area contributed by atoms with Crippen LogP contribution in [-0.4, -0.2) is 60.1 Å². The van der Waals surface area contributed by atoms with Gasteiger partial charge in [0.1, 0.15) is 12.9 Å². The molecule has 0 atom stereocenters. The van der Waals surface area contributed by atoms with Crippen LogP contribution >= 0.6 is 0 Å². The minimum atomic E-state index is 0.289. The van der Waals surface area contributed by atoms with Gasteiger partial charge in [0.15, 0.2) is 17.3 Å². The molecule has 9 nitrogen and oxygen atoms in total. The van der Waals surface area contributed by atoms with Gasteiger partial charge >= 0.3 is 0 Å². The Morgan fingerprint density at radius 1 is 1.12 bits per heavy atom. The molecule has 0 saturated carbocycles. The molecule has 0 aliphatic rings. The Balaban J connectivity index is 1.65. The second kappa shape index (κ2) is 6.68. The van der Waals surface area contributed by atoms with Crippen molar-refractivity contribution in [1.29, 1.82) is 0 Å². The highest BCUT2D eigenvalue weighted by atomic mass is 16.5. The van der Waals surface area contributed by atoms with Gasteiger partial charge in [-0.1, -0.05) is 18.2 Å². The first kappa shape index (κ1) is 16.4. The highest BCUT2D eigenvalue weighted by molar-refractivity contribution is 5.96. The number of fused-ring (bicyclic) bond motifs is 3. The molecule has 0 aliphatic heterocycles. The standard InChI is InChI=1S/C17H20N8O/c1-12-20-21-16-13-6-4-5-7-14(13)17(22-25(12)16)26-10-15-18-11-19-24(15)9-8-23(2)3/h4-7,11H,8-10H2,1-3H3. The van der Waals surface area contributed by atoms with E-state index in [0.717, 1.165) is 35.3 Å². The number of aryl methyl sites for hydroxylation is 1. The lowest BCUT2D eigenvalue weighted by Gasteiger charge is -2.12. The lowest BCUT2D eigenvalue weighted by molar-refractivity contribution is 0.270. The summed E-state index contributed by atoms with van der Waals surface area (Å²) in [5, 5.41) is 19.0. The fraction of sp³-hybridized carbons (Fsp3) is 0.353. The fourth-order valence-corrected chi connectivity index (χ4v) is 2.78. The predicted molar refractivity (Wildman–Crippen MR) is 95.9 cm³/mol. The molecule has 4 rings (SSSR count). The summed E-state index contributed by atoms with van der Waals surface area (Å²) in [6.45, 7) is 3.79. The van der Waals surface area contributed by atoms with Gasteiger partial charge in [0.25, 0.3) is 0 Å². The molecule has 0 bridgehead atoms. The Morgan fingerprint density at radius 2 is 1.92 bits per heavy atom. The van der Waals surface area contributed by atoms with Crippen molar-refractivity contribution in [2.75, 3.05) is 20.6 Å². The molecule has 0 N–H and O–H groups in total. The molecule has 3 heterocycles. The van der Waals surface area contributed by atoms with Gasteiger partial charge < -0.3 is 9.64 Å². The van der Waals surface area contributed by atoms with E-state index in [1.165, 1.54) is 0 Å². The van der Waals surface area contributed by atoms with Crippen molar-refractivity contribution in [1.82, 2.24) is 39.5 Å². The molecule has 26 heavy (non-hydrogen) atoms. The number of rotatable bonds is 6. The van der Waals surface area contributed by atoms with Crippen molar-refractivity contribution in [3.8, 4) is 5.88 Å². The van der Waals surface area contributed by atoms with E-state index < -0.39 is 0 Å². The van der Waals surface area contributed by atoms with Crippen LogP contribution in [0.5, 0.6) is 5.88 Å². The monoisotopic (exact) mass is 352 g/mol. The average molecular weight is 352 g/mol. The highest BCUT2D eigenvalue weighted by Gasteiger charge is 2.14. The maximum Gasteiger partial charge on any atom is 0.240 e. The number of hydrogen-bond donors (Lipinski definition) is 0. The Labute approximate surface area is 150 Å². The number of aromatic nitrogens is 7. The lowest BCUT2D eigenvalue weighted by Crippen LogP contribution is -2.21. The number of nitrogens with zero attached hydrogens (tertiary/aromatic N) is 8. The molecule has 0 unspecified atom stereocenters. The molecule has 3 aromatic heterocycles. The smallest absolute Gasteiger partial charge is 0.240 e. The molecule has 0 aliphatic carbocycles. The first-order valence-corrected chi connectivity index (χ1v) is 8.38. The molecule has 0 saturated heterocycles. The van der Waals surface area contributed by atoms with Crippen LogP contribution in [0.2, 0.25) is 0 Å². The third-order valence-corrected chi connectivity index (χ3v) is 4.18. The fourth-order valence-electron chi connectivity index (χ4n) is 2.78. The van der Waals surface area contributed by atoms with Gasteiger partial charge in [-0.2, -0.15) is 9.61 Å². The first-order valence-electron chi connectivity index (χ1n) is 8.38. The van der Waals surface area contributed by atoms with Crippen LogP contribution in [0.1, 0.15) is 11.6 Å². The van der Waals surface area contributed by atoms with E-state index in [2.05, 4.69) is 30.3 Å². The van der Waals surface area contributed by atoms with Crippen LogP contribution < -0.4 is 4.74 Å². The second-order valence-corrected chi connectivity index (χ2v) is 6.32. The summed E-state index contributed by atoms with van der Waals surface area (Å²) in [7, 11) is 4.06. The Kier molecular flexibility index (Phi) is 4.21. The quantitative estimate of drug-likeness (QED) is 0.517. The second-order valence-electron chi connectivity index (χ2n) is 6.32. The van der Waals surface area contributed by atoms with Gasteiger partial charge in [0, 0.05) is 17.3 Å². The molecular formula is C17H20N8O. The highest BCUT2D eigenvalue weighted by Crippen LogP contribution is 2.26. The summed E-state index contributed by atoms with van der Waals surface area (Å²) in [5.41, 5.74) is 0.722. The Bertz CT molecular complexity index is 1050. The third kappa shape index (κ3) is 2.97. The summed E-state index contributed by atoms with van der Waals surface area (Å²) in [5.74, 6) is 2.00. The minimum Gasteiger partial charge on any atom is -0.468 e. The third-order valence-electron chi connectivity index (χ3n) is 4.18. The zero-order chi connectivity index (χ0) is 18.1.